The second-order valence-corrected chi connectivity index (χ2v) is 6.33. The van der Waals surface area contributed by atoms with Gasteiger partial charge in [0.05, 0.1) is 24.3 Å². The number of esters is 1. The lowest BCUT2D eigenvalue weighted by atomic mass is 9.98. The summed E-state index contributed by atoms with van der Waals surface area (Å²) in [6, 6.07) is 10.5. The first-order valence-corrected chi connectivity index (χ1v) is 9.30. The molecule has 0 saturated heterocycles. The Balaban J connectivity index is 2.23. The van der Waals surface area contributed by atoms with Gasteiger partial charge in [-0.1, -0.05) is 12.1 Å². The number of hydrogen-bond acceptors (Lipinski definition) is 6. The normalized spacial score (nSPS) is 10.8. The van der Waals surface area contributed by atoms with Crippen LogP contribution in [0.1, 0.15) is 33.4 Å². The molecule has 0 saturated carbocycles. The molecule has 0 radical (unpaired) electrons. The van der Waals surface area contributed by atoms with Crippen molar-refractivity contribution in [3.63, 3.8) is 0 Å². The molecule has 0 fully saturated rings. The van der Waals surface area contributed by atoms with Crippen molar-refractivity contribution < 1.29 is 28.6 Å². The Hall–Kier alpha value is -3.32. The minimum atomic E-state index is -0.510. The van der Waals surface area contributed by atoms with E-state index in [1.807, 2.05) is 18.2 Å². The summed E-state index contributed by atoms with van der Waals surface area (Å²) in [4.78, 5) is 24.8. The second kappa shape index (κ2) is 8.79. The van der Waals surface area contributed by atoms with Crippen LogP contribution in [0, 0.1) is 6.92 Å². The van der Waals surface area contributed by atoms with E-state index in [0.29, 0.717) is 22.5 Å². The fraction of sp³-hybridized carbons (Fsp3) is 0.273. The highest BCUT2D eigenvalue weighted by atomic mass is 16.5. The van der Waals surface area contributed by atoms with Gasteiger partial charge in [-0.25, -0.2) is 4.79 Å². The molecule has 1 amide bonds. The number of nitrogens with one attached hydrogen (secondary N) is 1. The van der Waals surface area contributed by atoms with Crippen LogP contribution in [0.5, 0.6) is 5.75 Å². The minimum Gasteiger partial charge on any atom is -0.491 e. The van der Waals surface area contributed by atoms with Crippen molar-refractivity contribution in [2.24, 2.45) is 0 Å². The van der Waals surface area contributed by atoms with Crippen molar-refractivity contribution in [3.8, 4) is 16.9 Å². The van der Waals surface area contributed by atoms with Gasteiger partial charge in [0.15, 0.2) is 0 Å². The molecule has 1 heterocycles. The van der Waals surface area contributed by atoms with Gasteiger partial charge in [0.1, 0.15) is 23.7 Å². The average Bonchev–Trinajstić information content (AvgIpc) is 3.07. The predicted molar refractivity (Wildman–Crippen MR) is 108 cm³/mol. The largest absolute Gasteiger partial charge is 0.491 e. The van der Waals surface area contributed by atoms with Crippen LogP contribution in [0.3, 0.4) is 0 Å². The zero-order valence-corrected chi connectivity index (χ0v) is 16.6. The standard InChI is InChI=1S/C22H23NO6/c1-4-27-22(26)15-11-17-19(14-6-5-7-16(10-14)28-9-8-24)13(2)29-20(17)18(12-15)21(25)23-3/h5-7,10-12,24H,4,8-9H2,1-3H3,(H,23,25). The topological polar surface area (TPSA) is 98.0 Å². The molecule has 7 nitrogen and oxygen atoms in total. The molecule has 0 aliphatic heterocycles. The van der Waals surface area contributed by atoms with Crippen LogP contribution in [-0.4, -0.2) is 43.9 Å². The Morgan fingerprint density at radius 2 is 2.00 bits per heavy atom. The number of rotatable bonds is 7. The quantitative estimate of drug-likeness (QED) is 0.594. The molecule has 152 valence electrons. The van der Waals surface area contributed by atoms with Crippen molar-refractivity contribution in [2.45, 2.75) is 13.8 Å². The number of carbonyl (C=O) groups excluding carboxylic acids is 2. The number of aliphatic hydroxyl groups excluding tert-OH is 1. The van der Waals surface area contributed by atoms with Crippen LogP contribution in [0.15, 0.2) is 40.8 Å². The van der Waals surface area contributed by atoms with Gasteiger partial charge >= 0.3 is 5.97 Å². The van der Waals surface area contributed by atoms with Gasteiger partial charge < -0.3 is 24.3 Å². The van der Waals surface area contributed by atoms with E-state index in [1.165, 1.54) is 13.1 Å². The minimum absolute atomic E-state index is 0.0870. The summed E-state index contributed by atoms with van der Waals surface area (Å²) in [5.74, 6) is 0.328. The van der Waals surface area contributed by atoms with Crippen LogP contribution in [0.2, 0.25) is 0 Å². The summed E-state index contributed by atoms with van der Waals surface area (Å²) in [6.45, 7) is 3.85. The first kappa shape index (κ1) is 20.4. The lowest BCUT2D eigenvalue weighted by Crippen LogP contribution is -2.19. The third-order valence-corrected chi connectivity index (χ3v) is 4.43. The smallest absolute Gasteiger partial charge is 0.338 e. The van der Waals surface area contributed by atoms with Crippen molar-refractivity contribution in [3.05, 3.63) is 53.3 Å². The van der Waals surface area contributed by atoms with Gasteiger partial charge in [-0.2, -0.15) is 0 Å². The van der Waals surface area contributed by atoms with Gasteiger partial charge in [0.25, 0.3) is 5.91 Å². The SMILES string of the molecule is CCOC(=O)c1cc(C(=O)NC)c2oc(C)c(-c3cccc(OCCO)c3)c2c1. The molecule has 2 aromatic carbocycles. The van der Waals surface area contributed by atoms with E-state index in [-0.39, 0.29) is 36.9 Å². The van der Waals surface area contributed by atoms with Crippen molar-refractivity contribution in [2.75, 3.05) is 26.9 Å². The molecule has 3 rings (SSSR count). The third kappa shape index (κ3) is 4.09. The number of carbonyl (C=O) groups is 2. The molecule has 0 bridgehead atoms. The summed E-state index contributed by atoms with van der Waals surface area (Å²) in [6.07, 6.45) is 0. The Bertz CT molecular complexity index is 1050. The number of benzene rings is 2. The van der Waals surface area contributed by atoms with E-state index in [9.17, 15) is 9.59 Å². The van der Waals surface area contributed by atoms with Crippen LogP contribution in [-0.2, 0) is 4.74 Å². The van der Waals surface area contributed by atoms with Crippen molar-refractivity contribution in [1.29, 1.82) is 0 Å². The fourth-order valence-corrected chi connectivity index (χ4v) is 3.22. The van der Waals surface area contributed by atoms with Gasteiger partial charge in [0.2, 0.25) is 0 Å². The summed E-state index contributed by atoms with van der Waals surface area (Å²) < 4.78 is 16.5. The molecule has 0 aliphatic rings. The number of aliphatic hydroxyl groups is 1. The van der Waals surface area contributed by atoms with E-state index >= 15 is 0 Å². The highest BCUT2D eigenvalue weighted by Gasteiger charge is 2.22. The Morgan fingerprint density at radius 3 is 2.69 bits per heavy atom. The molecule has 1 aromatic heterocycles. The van der Waals surface area contributed by atoms with Crippen molar-refractivity contribution >= 4 is 22.8 Å². The molecule has 29 heavy (non-hydrogen) atoms. The summed E-state index contributed by atoms with van der Waals surface area (Å²) in [5.41, 5.74) is 2.49. The van der Waals surface area contributed by atoms with E-state index in [1.54, 1.807) is 26.0 Å². The summed E-state index contributed by atoms with van der Waals surface area (Å²) in [7, 11) is 1.52. The summed E-state index contributed by atoms with van der Waals surface area (Å²) >= 11 is 0. The molecule has 7 heteroatoms. The van der Waals surface area contributed by atoms with Crippen molar-refractivity contribution in [1.82, 2.24) is 5.32 Å². The first-order valence-electron chi connectivity index (χ1n) is 9.30. The van der Waals surface area contributed by atoms with Gasteiger partial charge in [-0.3, -0.25) is 4.79 Å². The number of hydrogen-bond donors (Lipinski definition) is 2. The number of fused-ring (bicyclic) bond motifs is 1. The molecule has 0 atom stereocenters. The van der Waals surface area contributed by atoms with Gasteiger partial charge in [0, 0.05) is 18.0 Å². The van der Waals surface area contributed by atoms with Crippen LogP contribution in [0.4, 0.5) is 0 Å². The molecule has 3 aromatic rings. The van der Waals surface area contributed by atoms with Gasteiger partial charge in [-0.05, 0) is 43.7 Å². The van der Waals surface area contributed by atoms with E-state index in [2.05, 4.69) is 5.32 Å². The van der Waals surface area contributed by atoms with E-state index in [0.717, 1.165) is 11.1 Å². The van der Waals surface area contributed by atoms with Gasteiger partial charge in [-0.15, -0.1) is 0 Å². The molecule has 0 unspecified atom stereocenters. The number of ether oxygens (including phenoxy) is 2. The first-order chi connectivity index (χ1) is 14.0. The Morgan fingerprint density at radius 1 is 1.21 bits per heavy atom. The molecule has 0 spiro atoms. The predicted octanol–water partition coefficient (Wildman–Crippen LogP) is 3.32. The highest BCUT2D eigenvalue weighted by Crippen LogP contribution is 2.38. The van der Waals surface area contributed by atoms with E-state index in [4.69, 9.17) is 19.0 Å². The maximum atomic E-state index is 12.4. The molecule has 0 aliphatic carbocycles. The van der Waals surface area contributed by atoms with E-state index < -0.39 is 5.97 Å². The number of amides is 1. The molecule has 2 N–H and O–H groups in total. The fourth-order valence-electron chi connectivity index (χ4n) is 3.22. The highest BCUT2D eigenvalue weighted by molar-refractivity contribution is 6.11. The van der Waals surface area contributed by atoms with Crippen LogP contribution < -0.4 is 10.1 Å². The zero-order chi connectivity index (χ0) is 21.0. The Kier molecular flexibility index (Phi) is 6.19. The zero-order valence-electron chi connectivity index (χ0n) is 16.6. The maximum absolute atomic E-state index is 12.4. The van der Waals surface area contributed by atoms with Crippen LogP contribution in [0.25, 0.3) is 22.1 Å². The summed E-state index contributed by atoms with van der Waals surface area (Å²) in [5, 5.41) is 12.2. The third-order valence-electron chi connectivity index (χ3n) is 4.43. The van der Waals surface area contributed by atoms with Crippen LogP contribution >= 0.6 is 0 Å². The number of furan rings is 1. The second-order valence-electron chi connectivity index (χ2n) is 6.33. The lowest BCUT2D eigenvalue weighted by Gasteiger charge is -2.08. The average molecular weight is 397 g/mol. The lowest BCUT2D eigenvalue weighted by molar-refractivity contribution is 0.0526. The molecular formula is C22H23NO6. The number of aryl methyl sites for hydroxylation is 1. The Labute approximate surface area is 168 Å². The maximum Gasteiger partial charge on any atom is 0.338 e. The molecular weight excluding hydrogens is 374 g/mol. The monoisotopic (exact) mass is 397 g/mol.